The zero-order valence-corrected chi connectivity index (χ0v) is 12.3. The third kappa shape index (κ3) is 3.39. The van der Waals surface area contributed by atoms with Crippen LogP contribution in [0.4, 0.5) is 14.5 Å². The molecule has 0 aromatic heterocycles. The Bertz CT molecular complexity index is 593. The normalized spacial score (nSPS) is 12.2. The molecule has 1 atom stereocenters. The summed E-state index contributed by atoms with van der Waals surface area (Å²) in [4.78, 5) is 2.07. The smallest absolute Gasteiger partial charge is 0.126 e. The van der Waals surface area contributed by atoms with E-state index in [4.69, 9.17) is 5.73 Å². The molecule has 1 unspecified atom stereocenters. The van der Waals surface area contributed by atoms with Crippen molar-refractivity contribution in [3.8, 4) is 0 Å². The zero-order valence-electron chi connectivity index (χ0n) is 12.3. The van der Waals surface area contributed by atoms with Gasteiger partial charge in [0.1, 0.15) is 11.6 Å². The first-order valence-corrected chi connectivity index (χ1v) is 7.05. The number of hydrogen-bond donors (Lipinski definition) is 1. The predicted molar refractivity (Wildman–Crippen MR) is 82.4 cm³/mol. The van der Waals surface area contributed by atoms with Gasteiger partial charge in [-0.05, 0) is 43.2 Å². The average molecular weight is 290 g/mol. The van der Waals surface area contributed by atoms with Crippen molar-refractivity contribution in [2.24, 2.45) is 5.73 Å². The summed E-state index contributed by atoms with van der Waals surface area (Å²) in [5.74, 6) is -1.16. The van der Waals surface area contributed by atoms with Gasteiger partial charge < -0.3 is 10.6 Å². The molecular formula is C17H20F2N2. The molecule has 0 bridgehead atoms. The highest BCUT2D eigenvalue weighted by molar-refractivity contribution is 5.55. The minimum Gasteiger partial charge on any atom is -0.363 e. The summed E-state index contributed by atoms with van der Waals surface area (Å²) in [5, 5.41) is 0. The summed E-state index contributed by atoms with van der Waals surface area (Å²) in [5.41, 5.74) is 8.57. The molecule has 0 saturated heterocycles. The van der Waals surface area contributed by atoms with E-state index >= 15 is 0 Å². The minimum atomic E-state index is -0.579. The van der Waals surface area contributed by atoms with Crippen LogP contribution >= 0.6 is 0 Å². The molecule has 2 nitrogen and oxygen atoms in total. The Morgan fingerprint density at radius 2 is 1.71 bits per heavy atom. The van der Waals surface area contributed by atoms with Crippen LogP contribution in [0.5, 0.6) is 0 Å². The summed E-state index contributed by atoms with van der Waals surface area (Å²) in [6.45, 7) is 5.00. The number of halogens is 2. The van der Waals surface area contributed by atoms with Gasteiger partial charge in [0.05, 0.1) is 6.04 Å². The minimum absolute atomic E-state index is 0.263. The zero-order chi connectivity index (χ0) is 15.4. The van der Waals surface area contributed by atoms with Gasteiger partial charge in [0.15, 0.2) is 0 Å². The van der Waals surface area contributed by atoms with Crippen LogP contribution in [0.25, 0.3) is 0 Å². The number of nitrogens with two attached hydrogens (primary N) is 1. The molecule has 4 heteroatoms. The van der Waals surface area contributed by atoms with E-state index in [1.54, 1.807) is 0 Å². The molecule has 0 aliphatic carbocycles. The van der Waals surface area contributed by atoms with Gasteiger partial charge in [0, 0.05) is 24.8 Å². The molecule has 0 heterocycles. The number of nitrogens with zero attached hydrogens (tertiary/aromatic N) is 1. The lowest BCUT2D eigenvalue weighted by Gasteiger charge is -2.33. The van der Waals surface area contributed by atoms with Gasteiger partial charge in [0.2, 0.25) is 0 Å². The van der Waals surface area contributed by atoms with Crippen molar-refractivity contribution >= 4 is 5.69 Å². The maximum absolute atomic E-state index is 13.5. The van der Waals surface area contributed by atoms with Crippen molar-refractivity contribution in [3.05, 3.63) is 65.2 Å². The van der Waals surface area contributed by atoms with Gasteiger partial charge in [-0.25, -0.2) is 8.78 Å². The largest absolute Gasteiger partial charge is 0.363 e. The molecule has 0 spiro atoms. The van der Waals surface area contributed by atoms with Crippen molar-refractivity contribution in [1.29, 1.82) is 0 Å². The van der Waals surface area contributed by atoms with Crippen molar-refractivity contribution in [2.75, 3.05) is 18.0 Å². The van der Waals surface area contributed by atoms with Crippen LogP contribution in [0.2, 0.25) is 0 Å². The third-order valence-corrected chi connectivity index (χ3v) is 3.63. The second-order valence-corrected chi connectivity index (χ2v) is 5.03. The molecule has 0 amide bonds. The number of para-hydroxylation sites is 1. The van der Waals surface area contributed by atoms with Gasteiger partial charge in [-0.2, -0.15) is 0 Å². The van der Waals surface area contributed by atoms with Crippen LogP contribution in [-0.2, 0) is 0 Å². The lowest BCUT2D eigenvalue weighted by Crippen LogP contribution is -2.34. The van der Waals surface area contributed by atoms with Gasteiger partial charge in [-0.15, -0.1) is 0 Å². The molecule has 0 saturated carbocycles. The summed E-state index contributed by atoms with van der Waals surface area (Å²) in [6.07, 6.45) is 0. The molecule has 112 valence electrons. The first-order chi connectivity index (χ1) is 10.1. The quantitative estimate of drug-likeness (QED) is 0.907. The SMILES string of the molecule is CCN(c1ccccc1C)C(CN)c1cc(F)cc(F)c1. The first kappa shape index (κ1) is 15.4. The molecule has 2 aromatic carbocycles. The van der Waals surface area contributed by atoms with Crippen LogP contribution in [-0.4, -0.2) is 13.1 Å². The van der Waals surface area contributed by atoms with Gasteiger partial charge >= 0.3 is 0 Å². The Hall–Kier alpha value is -1.94. The predicted octanol–water partition coefficient (Wildman–Crippen LogP) is 3.80. The fourth-order valence-electron chi connectivity index (χ4n) is 2.66. The molecule has 2 N–H and O–H groups in total. The highest BCUT2D eigenvalue weighted by Gasteiger charge is 2.20. The first-order valence-electron chi connectivity index (χ1n) is 7.05. The number of aryl methyl sites for hydroxylation is 1. The van der Waals surface area contributed by atoms with E-state index in [0.29, 0.717) is 12.1 Å². The van der Waals surface area contributed by atoms with Crippen LogP contribution in [0.1, 0.15) is 24.1 Å². The summed E-state index contributed by atoms with van der Waals surface area (Å²) < 4.78 is 26.9. The van der Waals surface area contributed by atoms with E-state index in [2.05, 4.69) is 4.90 Å². The molecule has 0 aliphatic heterocycles. The molecule has 0 fully saturated rings. The van der Waals surface area contributed by atoms with E-state index in [1.165, 1.54) is 12.1 Å². The molecule has 0 radical (unpaired) electrons. The summed E-state index contributed by atoms with van der Waals surface area (Å²) in [6, 6.07) is 11.2. The average Bonchev–Trinajstić information content (AvgIpc) is 2.44. The van der Waals surface area contributed by atoms with Crippen molar-refractivity contribution in [1.82, 2.24) is 0 Å². The maximum atomic E-state index is 13.5. The van der Waals surface area contributed by atoms with Crippen LogP contribution in [0, 0.1) is 18.6 Å². The summed E-state index contributed by atoms with van der Waals surface area (Å²) in [7, 11) is 0. The fraction of sp³-hybridized carbons (Fsp3) is 0.294. The Kier molecular flexibility index (Phi) is 4.91. The van der Waals surface area contributed by atoms with Gasteiger partial charge in [-0.1, -0.05) is 18.2 Å². The molecule has 2 rings (SSSR count). The second kappa shape index (κ2) is 6.68. The second-order valence-electron chi connectivity index (χ2n) is 5.03. The monoisotopic (exact) mass is 290 g/mol. The Labute approximate surface area is 124 Å². The highest BCUT2D eigenvalue weighted by atomic mass is 19.1. The molecule has 0 aliphatic rings. The maximum Gasteiger partial charge on any atom is 0.126 e. The number of likely N-dealkylation sites (N-methyl/N-ethyl adjacent to an activating group) is 1. The van der Waals surface area contributed by atoms with Crippen molar-refractivity contribution in [2.45, 2.75) is 19.9 Å². The lowest BCUT2D eigenvalue weighted by atomic mass is 10.0. The van der Waals surface area contributed by atoms with E-state index in [-0.39, 0.29) is 12.6 Å². The van der Waals surface area contributed by atoms with E-state index < -0.39 is 11.6 Å². The Morgan fingerprint density at radius 1 is 1.10 bits per heavy atom. The van der Waals surface area contributed by atoms with Crippen LogP contribution < -0.4 is 10.6 Å². The topological polar surface area (TPSA) is 29.3 Å². The van der Waals surface area contributed by atoms with Crippen molar-refractivity contribution in [3.63, 3.8) is 0 Å². The number of hydrogen-bond acceptors (Lipinski definition) is 2. The van der Waals surface area contributed by atoms with Crippen LogP contribution in [0.3, 0.4) is 0 Å². The molecule has 21 heavy (non-hydrogen) atoms. The van der Waals surface area contributed by atoms with Crippen LogP contribution in [0.15, 0.2) is 42.5 Å². The highest BCUT2D eigenvalue weighted by Crippen LogP contribution is 2.29. The third-order valence-electron chi connectivity index (χ3n) is 3.63. The van der Waals surface area contributed by atoms with Gasteiger partial charge in [-0.3, -0.25) is 0 Å². The Balaban J connectivity index is 2.45. The van der Waals surface area contributed by atoms with E-state index in [9.17, 15) is 8.78 Å². The molecular weight excluding hydrogens is 270 g/mol. The number of benzene rings is 2. The van der Waals surface area contributed by atoms with E-state index in [0.717, 1.165) is 17.3 Å². The van der Waals surface area contributed by atoms with Gasteiger partial charge in [0.25, 0.3) is 0 Å². The number of anilines is 1. The van der Waals surface area contributed by atoms with E-state index in [1.807, 2.05) is 38.1 Å². The van der Waals surface area contributed by atoms with Crippen molar-refractivity contribution < 1.29 is 8.78 Å². The lowest BCUT2D eigenvalue weighted by molar-refractivity contribution is 0.567. The fourth-order valence-corrected chi connectivity index (χ4v) is 2.66. The summed E-state index contributed by atoms with van der Waals surface area (Å²) >= 11 is 0. The molecule has 2 aromatic rings. The number of rotatable bonds is 5. The standard InChI is InChI=1S/C17H20F2N2/c1-3-21(16-7-5-4-6-12(16)2)17(11-20)13-8-14(18)10-15(19)9-13/h4-10,17H,3,11,20H2,1-2H3. The Morgan fingerprint density at radius 3 is 2.24 bits per heavy atom.